The second-order valence-corrected chi connectivity index (χ2v) is 4.11. The molecule has 0 aromatic heterocycles. The van der Waals surface area contributed by atoms with Crippen molar-refractivity contribution in [1.29, 1.82) is 0 Å². The Morgan fingerprint density at radius 2 is 1.59 bits per heavy atom. The van der Waals surface area contributed by atoms with Crippen LogP contribution in [0, 0.1) is 0 Å². The molecule has 0 spiro atoms. The predicted octanol–water partition coefficient (Wildman–Crippen LogP) is 2.60. The molecule has 0 aliphatic heterocycles. The fourth-order valence-corrected chi connectivity index (χ4v) is 1.80. The molecular formula is C15H18N2. The van der Waals surface area contributed by atoms with Gasteiger partial charge in [-0.25, -0.2) is 0 Å². The molecule has 3 N–H and O–H groups in total. The molecule has 88 valence electrons. The smallest absolute Gasteiger partial charge is 0.0359 e. The minimum absolute atomic E-state index is 0.833. The van der Waals surface area contributed by atoms with E-state index in [0.717, 1.165) is 25.2 Å². The molecule has 17 heavy (non-hydrogen) atoms. The molecule has 2 aromatic rings. The molecule has 2 aromatic carbocycles. The molecule has 0 fully saturated rings. The summed E-state index contributed by atoms with van der Waals surface area (Å²) in [6.07, 6.45) is 1.05. The lowest BCUT2D eigenvalue weighted by Crippen LogP contribution is -2.17. The van der Waals surface area contributed by atoms with Gasteiger partial charge in [0.2, 0.25) is 0 Å². The van der Waals surface area contributed by atoms with E-state index in [9.17, 15) is 0 Å². The lowest BCUT2D eigenvalue weighted by Gasteiger charge is -2.07. The van der Waals surface area contributed by atoms with Crippen LogP contribution in [-0.4, -0.2) is 6.54 Å². The van der Waals surface area contributed by atoms with Gasteiger partial charge in [-0.05, 0) is 30.2 Å². The monoisotopic (exact) mass is 226 g/mol. The van der Waals surface area contributed by atoms with Crippen LogP contribution in [-0.2, 0) is 13.0 Å². The molecule has 0 bridgehead atoms. The van der Waals surface area contributed by atoms with Crippen LogP contribution in [0.3, 0.4) is 0 Å². The van der Waals surface area contributed by atoms with Gasteiger partial charge in [-0.2, -0.15) is 0 Å². The van der Waals surface area contributed by atoms with Gasteiger partial charge in [0.15, 0.2) is 0 Å². The number of para-hydroxylation sites is 1. The Hall–Kier alpha value is -1.80. The molecule has 2 heteroatoms. The highest BCUT2D eigenvalue weighted by molar-refractivity contribution is 5.46. The second-order valence-electron chi connectivity index (χ2n) is 4.11. The van der Waals surface area contributed by atoms with Crippen molar-refractivity contribution >= 4 is 5.69 Å². The third kappa shape index (κ3) is 3.61. The van der Waals surface area contributed by atoms with Gasteiger partial charge >= 0.3 is 0 Å². The van der Waals surface area contributed by atoms with E-state index in [1.54, 1.807) is 0 Å². The summed E-state index contributed by atoms with van der Waals surface area (Å²) in [4.78, 5) is 0. The van der Waals surface area contributed by atoms with Gasteiger partial charge in [-0.3, -0.25) is 0 Å². The van der Waals surface area contributed by atoms with Crippen molar-refractivity contribution in [3.8, 4) is 0 Å². The van der Waals surface area contributed by atoms with E-state index in [-0.39, 0.29) is 0 Å². The van der Waals surface area contributed by atoms with E-state index < -0.39 is 0 Å². The Morgan fingerprint density at radius 3 is 2.35 bits per heavy atom. The summed E-state index contributed by atoms with van der Waals surface area (Å²) in [5.41, 5.74) is 9.26. The lowest BCUT2D eigenvalue weighted by molar-refractivity contribution is 0.688. The van der Waals surface area contributed by atoms with Crippen LogP contribution in [0.25, 0.3) is 0 Å². The Morgan fingerprint density at radius 1 is 0.882 bits per heavy atom. The second kappa shape index (κ2) is 6.06. The minimum Gasteiger partial charge on any atom is -0.398 e. The minimum atomic E-state index is 0.833. The molecule has 0 saturated carbocycles. The third-order valence-electron chi connectivity index (χ3n) is 2.80. The Balaban J connectivity index is 1.76. The van der Waals surface area contributed by atoms with Gasteiger partial charge in [-0.15, -0.1) is 0 Å². The summed E-state index contributed by atoms with van der Waals surface area (Å²) in [5, 5.41) is 3.41. The van der Waals surface area contributed by atoms with Crippen LogP contribution in [0.2, 0.25) is 0 Å². The van der Waals surface area contributed by atoms with E-state index in [1.807, 2.05) is 24.3 Å². The van der Waals surface area contributed by atoms with Crippen LogP contribution >= 0.6 is 0 Å². The van der Waals surface area contributed by atoms with Crippen molar-refractivity contribution in [3.63, 3.8) is 0 Å². The fraction of sp³-hybridized carbons (Fsp3) is 0.200. The van der Waals surface area contributed by atoms with E-state index in [2.05, 4.69) is 35.6 Å². The quantitative estimate of drug-likeness (QED) is 0.607. The van der Waals surface area contributed by atoms with Crippen LogP contribution in [0.15, 0.2) is 54.6 Å². The number of nitrogens with two attached hydrogens (primary N) is 1. The molecule has 0 radical (unpaired) electrons. The van der Waals surface area contributed by atoms with Crippen LogP contribution in [0.1, 0.15) is 11.1 Å². The average molecular weight is 226 g/mol. The van der Waals surface area contributed by atoms with Gasteiger partial charge < -0.3 is 11.1 Å². The van der Waals surface area contributed by atoms with Gasteiger partial charge in [-0.1, -0.05) is 48.5 Å². The highest BCUT2D eigenvalue weighted by Gasteiger charge is 1.96. The van der Waals surface area contributed by atoms with Crippen LogP contribution < -0.4 is 11.1 Å². The third-order valence-corrected chi connectivity index (χ3v) is 2.80. The molecule has 0 aliphatic rings. The number of hydrogen-bond donors (Lipinski definition) is 2. The predicted molar refractivity (Wildman–Crippen MR) is 72.7 cm³/mol. The first-order valence-corrected chi connectivity index (χ1v) is 5.94. The zero-order valence-corrected chi connectivity index (χ0v) is 9.89. The van der Waals surface area contributed by atoms with Gasteiger partial charge in [0.1, 0.15) is 0 Å². The number of hydrogen-bond acceptors (Lipinski definition) is 2. The summed E-state index contributed by atoms with van der Waals surface area (Å²) in [7, 11) is 0. The maximum absolute atomic E-state index is 5.87. The largest absolute Gasteiger partial charge is 0.398 e. The summed E-state index contributed by atoms with van der Waals surface area (Å²) < 4.78 is 0. The topological polar surface area (TPSA) is 38.0 Å². The SMILES string of the molecule is Nc1ccccc1CNCCc1ccccc1. The zero-order chi connectivity index (χ0) is 11.9. The molecule has 2 rings (SSSR count). The van der Waals surface area contributed by atoms with Gasteiger partial charge in [0.25, 0.3) is 0 Å². The number of nitrogens with one attached hydrogen (secondary N) is 1. The molecule has 0 heterocycles. The number of rotatable bonds is 5. The molecule has 0 aliphatic carbocycles. The Labute approximate surface area is 102 Å². The summed E-state index contributed by atoms with van der Waals surface area (Å²) in [6.45, 7) is 1.80. The van der Waals surface area contributed by atoms with Crippen molar-refractivity contribution in [2.45, 2.75) is 13.0 Å². The summed E-state index contributed by atoms with van der Waals surface area (Å²) in [6, 6.07) is 18.5. The maximum atomic E-state index is 5.87. The fourth-order valence-electron chi connectivity index (χ4n) is 1.80. The average Bonchev–Trinajstić information content (AvgIpc) is 2.38. The van der Waals surface area contributed by atoms with Crippen molar-refractivity contribution < 1.29 is 0 Å². The molecular weight excluding hydrogens is 208 g/mol. The van der Waals surface area contributed by atoms with Crippen molar-refractivity contribution in [2.24, 2.45) is 0 Å². The van der Waals surface area contributed by atoms with Crippen molar-refractivity contribution in [1.82, 2.24) is 5.32 Å². The first-order valence-electron chi connectivity index (χ1n) is 5.94. The Bertz CT molecular complexity index is 451. The molecule has 2 nitrogen and oxygen atoms in total. The molecule has 0 amide bonds. The van der Waals surface area contributed by atoms with E-state index in [4.69, 9.17) is 5.73 Å². The van der Waals surface area contributed by atoms with E-state index >= 15 is 0 Å². The molecule has 0 atom stereocenters. The highest BCUT2D eigenvalue weighted by Crippen LogP contribution is 2.09. The molecule has 0 unspecified atom stereocenters. The molecule has 0 saturated heterocycles. The van der Waals surface area contributed by atoms with E-state index in [1.165, 1.54) is 11.1 Å². The standard InChI is InChI=1S/C15H18N2/c16-15-9-5-4-8-14(15)12-17-11-10-13-6-2-1-3-7-13/h1-9,17H,10-12,16H2. The first kappa shape index (κ1) is 11.7. The number of nitrogen functional groups attached to an aromatic ring is 1. The number of anilines is 1. The first-order chi connectivity index (χ1) is 8.36. The van der Waals surface area contributed by atoms with Crippen LogP contribution in [0.5, 0.6) is 0 Å². The lowest BCUT2D eigenvalue weighted by atomic mass is 10.1. The van der Waals surface area contributed by atoms with Crippen LogP contribution in [0.4, 0.5) is 5.69 Å². The van der Waals surface area contributed by atoms with Gasteiger partial charge in [0.05, 0.1) is 0 Å². The highest BCUT2D eigenvalue weighted by atomic mass is 14.8. The zero-order valence-electron chi connectivity index (χ0n) is 9.89. The Kier molecular flexibility index (Phi) is 4.17. The number of benzene rings is 2. The summed E-state index contributed by atoms with van der Waals surface area (Å²) >= 11 is 0. The summed E-state index contributed by atoms with van der Waals surface area (Å²) in [5.74, 6) is 0. The normalized spacial score (nSPS) is 10.4. The van der Waals surface area contributed by atoms with E-state index in [0.29, 0.717) is 0 Å². The maximum Gasteiger partial charge on any atom is 0.0359 e. The van der Waals surface area contributed by atoms with Gasteiger partial charge in [0, 0.05) is 12.2 Å². The van der Waals surface area contributed by atoms with Crippen molar-refractivity contribution in [3.05, 3.63) is 65.7 Å². The van der Waals surface area contributed by atoms with Crippen molar-refractivity contribution in [2.75, 3.05) is 12.3 Å².